The number of nitrogens with zero attached hydrogens (tertiary/aromatic N) is 2. The maximum atomic E-state index is 11.1. The second-order valence-electron chi connectivity index (χ2n) is 5.09. The monoisotopic (exact) mass is 264 g/mol. The van der Waals surface area contributed by atoms with E-state index < -0.39 is 5.97 Å². The average molecular weight is 264 g/mol. The molecule has 1 aromatic heterocycles. The van der Waals surface area contributed by atoms with E-state index in [1.54, 1.807) is 13.2 Å². The molecule has 1 aliphatic heterocycles. The normalized spacial score (nSPS) is 24.3. The van der Waals surface area contributed by atoms with E-state index in [2.05, 4.69) is 16.8 Å². The second kappa shape index (κ2) is 6.12. The van der Waals surface area contributed by atoms with Gasteiger partial charge in [-0.15, -0.1) is 0 Å². The maximum Gasteiger partial charge on any atom is 0.354 e. The number of ether oxygens (including phenoxy) is 1. The van der Waals surface area contributed by atoms with Gasteiger partial charge in [0, 0.05) is 26.4 Å². The predicted octanol–water partition coefficient (Wildman–Crippen LogP) is 1.64. The lowest BCUT2D eigenvalue weighted by Crippen LogP contribution is -2.43. The summed E-state index contributed by atoms with van der Waals surface area (Å²) in [6.45, 7) is 4.61. The molecule has 1 aromatic rings. The van der Waals surface area contributed by atoms with Gasteiger partial charge in [0.1, 0.15) is 0 Å². The summed E-state index contributed by atoms with van der Waals surface area (Å²) in [7, 11) is 1.73. The van der Waals surface area contributed by atoms with Crippen molar-refractivity contribution in [3.63, 3.8) is 0 Å². The Balaban J connectivity index is 2.07. The third kappa shape index (κ3) is 3.30. The van der Waals surface area contributed by atoms with Gasteiger partial charge in [0.25, 0.3) is 0 Å². The predicted molar refractivity (Wildman–Crippen MR) is 71.1 cm³/mol. The van der Waals surface area contributed by atoms with Gasteiger partial charge in [-0.05, 0) is 30.5 Å². The molecule has 1 saturated heterocycles. The van der Waals surface area contributed by atoms with E-state index in [4.69, 9.17) is 9.84 Å². The van der Waals surface area contributed by atoms with Crippen molar-refractivity contribution in [3.8, 4) is 0 Å². The van der Waals surface area contributed by atoms with Gasteiger partial charge in [-0.2, -0.15) is 0 Å². The lowest BCUT2D eigenvalue weighted by molar-refractivity contribution is -0.00756. The number of rotatable bonds is 4. The van der Waals surface area contributed by atoms with Gasteiger partial charge < -0.3 is 9.84 Å². The smallest absolute Gasteiger partial charge is 0.354 e. The van der Waals surface area contributed by atoms with Crippen LogP contribution < -0.4 is 0 Å². The fourth-order valence-electron chi connectivity index (χ4n) is 2.55. The Hall–Kier alpha value is -1.46. The van der Waals surface area contributed by atoms with Gasteiger partial charge in [0.15, 0.2) is 5.69 Å². The first kappa shape index (κ1) is 14.0. The van der Waals surface area contributed by atoms with Crippen LogP contribution in [0.5, 0.6) is 0 Å². The van der Waals surface area contributed by atoms with E-state index in [1.165, 1.54) is 6.20 Å². The van der Waals surface area contributed by atoms with Crippen LogP contribution in [0.4, 0.5) is 0 Å². The van der Waals surface area contributed by atoms with Crippen molar-refractivity contribution in [2.75, 3.05) is 20.2 Å². The third-order valence-electron chi connectivity index (χ3n) is 3.76. The molecular weight excluding hydrogens is 244 g/mol. The average Bonchev–Trinajstić information content (AvgIpc) is 2.41. The van der Waals surface area contributed by atoms with Gasteiger partial charge in [-0.25, -0.2) is 9.78 Å². The fourth-order valence-corrected chi connectivity index (χ4v) is 2.55. The molecule has 2 unspecified atom stereocenters. The number of hydrogen-bond acceptors (Lipinski definition) is 4. The van der Waals surface area contributed by atoms with Crippen molar-refractivity contribution in [1.29, 1.82) is 0 Å². The highest BCUT2D eigenvalue weighted by Gasteiger charge is 2.26. The Bertz CT molecular complexity index is 450. The van der Waals surface area contributed by atoms with Crippen LogP contribution in [0, 0.1) is 5.92 Å². The number of aromatic nitrogens is 1. The van der Waals surface area contributed by atoms with Crippen molar-refractivity contribution >= 4 is 5.97 Å². The number of hydrogen-bond donors (Lipinski definition) is 1. The zero-order valence-corrected chi connectivity index (χ0v) is 11.4. The Kier molecular flexibility index (Phi) is 4.50. The molecule has 0 saturated carbocycles. The highest BCUT2D eigenvalue weighted by Crippen LogP contribution is 2.21. The first-order valence-corrected chi connectivity index (χ1v) is 6.54. The standard InChI is InChI=1S/C14H20N2O3/c1-10-5-7-16(9-12(10)19-2)8-11-4-3-6-15-13(11)14(17)18/h3-4,6,10,12H,5,7-9H2,1-2H3,(H,17,18). The summed E-state index contributed by atoms with van der Waals surface area (Å²) >= 11 is 0. The minimum Gasteiger partial charge on any atom is -0.477 e. The Morgan fingerprint density at radius 1 is 1.63 bits per heavy atom. The molecule has 0 spiro atoms. The topological polar surface area (TPSA) is 62.7 Å². The van der Waals surface area contributed by atoms with Crippen LogP contribution in [0.15, 0.2) is 18.3 Å². The Morgan fingerprint density at radius 2 is 2.42 bits per heavy atom. The van der Waals surface area contributed by atoms with E-state index >= 15 is 0 Å². The van der Waals surface area contributed by atoms with Gasteiger partial charge in [-0.3, -0.25) is 4.90 Å². The number of carbonyl (C=O) groups is 1. The second-order valence-corrected chi connectivity index (χ2v) is 5.09. The van der Waals surface area contributed by atoms with Crippen molar-refractivity contribution < 1.29 is 14.6 Å². The SMILES string of the molecule is COC1CN(Cc2cccnc2C(=O)O)CCC1C. The van der Waals surface area contributed by atoms with Gasteiger partial charge >= 0.3 is 5.97 Å². The molecule has 2 heterocycles. The Labute approximate surface area is 113 Å². The van der Waals surface area contributed by atoms with E-state index in [-0.39, 0.29) is 11.8 Å². The van der Waals surface area contributed by atoms with Crippen LogP contribution >= 0.6 is 0 Å². The minimum atomic E-state index is -0.968. The molecule has 0 bridgehead atoms. The molecule has 5 heteroatoms. The molecule has 2 rings (SSSR count). The summed E-state index contributed by atoms with van der Waals surface area (Å²) in [6, 6.07) is 3.61. The highest BCUT2D eigenvalue weighted by atomic mass is 16.5. The molecule has 5 nitrogen and oxygen atoms in total. The highest BCUT2D eigenvalue weighted by molar-refractivity contribution is 5.86. The lowest BCUT2D eigenvalue weighted by Gasteiger charge is -2.36. The van der Waals surface area contributed by atoms with Crippen LogP contribution in [0.2, 0.25) is 0 Å². The van der Waals surface area contributed by atoms with Crippen LogP contribution in [0.3, 0.4) is 0 Å². The van der Waals surface area contributed by atoms with Gasteiger partial charge in [-0.1, -0.05) is 13.0 Å². The molecule has 0 aliphatic carbocycles. The third-order valence-corrected chi connectivity index (χ3v) is 3.76. The number of piperidine rings is 1. The molecule has 1 fully saturated rings. The molecule has 1 N–H and O–H groups in total. The maximum absolute atomic E-state index is 11.1. The largest absolute Gasteiger partial charge is 0.477 e. The number of pyridine rings is 1. The van der Waals surface area contributed by atoms with Crippen LogP contribution in [0.25, 0.3) is 0 Å². The molecule has 0 amide bonds. The molecule has 0 aromatic carbocycles. The number of carboxylic acid groups (broad SMARTS) is 1. The first-order valence-electron chi connectivity index (χ1n) is 6.54. The van der Waals surface area contributed by atoms with Crippen molar-refractivity contribution in [2.24, 2.45) is 5.92 Å². The Morgan fingerprint density at radius 3 is 3.11 bits per heavy atom. The summed E-state index contributed by atoms with van der Waals surface area (Å²) < 4.78 is 5.48. The van der Waals surface area contributed by atoms with E-state index in [0.717, 1.165) is 25.1 Å². The molecular formula is C14H20N2O3. The minimum absolute atomic E-state index is 0.148. The van der Waals surface area contributed by atoms with Crippen molar-refractivity contribution in [3.05, 3.63) is 29.6 Å². The molecule has 0 radical (unpaired) electrons. The lowest BCUT2D eigenvalue weighted by atomic mass is 9.95. The van der Waals surface area contributed by atoms with Gasteiger partial charge in [0.05, 0.1) is 6.10 Å². The van der Waals surface area contributed by atoms with E-state index in [1.807, 2.05) is 6.07 Å². The number of aromatic carboxylic acids is 1. The van der Waals surface area contributed by atoms with Crippen LogP contribution in [-0.2, 0) is 11.3 Å². The molecule has 2 atom stereocenters. The summed E-state index contributed by atoms with van der Waals surface area (Å²) in [5.74, 6) is -0.418. The van der Waals surface area contributed by atoms with Crippen molar-refractivity contribution in [1.82, 2.24) is 9.88 Å². The quantitative estimate of drug-likeness (QED) is 0.895. The summed E-state index contributed by atoms with van der Waals surface area (Å²) in [5, 5.41) is 9.13. The van der Waals surface area contributed by atoms with E-state index in [9.17, 15) is 4.79 Å². The van der Waals surface area contributed by atoms with Crippen LogP contribution in [-0.4, -0.2) is 47.3 Å². The number of methoxy groups -OCH3 is 1. The number of carboxylic acids is 1. The number of likely N-dealkylation sites (tertiary alicyclic amines) is 1. The molecule has 19 heavy (non-hydrogen) atoms. The summed E-state index contributed by atoms with van der Waals surface area (Å²) in [4.78, 5) is 17.3. The summed E-state index contributed by atoms with van der Waals surface area (Å²) in [6.07, 6.45) is 2.81. The first-order chi connectivity index (χ1) is 9.11. The zero-order valence-electron chi connectivity index (χ0n) is 11.4. The summed E-state index contributed by atoms with van der Waals surface area (Å²) in [5.41, 5.74) is 0.912. The van der Waals surface area contributed by atoms with Gasteiger partial charge in [0.2, 0.25) is 0 Å². The molecule has 1 aliphatic rings. The molecule has 104 valence electrons. The van der Waals surface area contributed by atoms with Crippen molar-refractivity contribution in [2.45, 2.75) is 26.0 Å². The van der Waals surface area contributed by atoms with E-state index in [0.29, 0.717) is 12.5 Å². The fraction of sp³-hybridized carbons (Fsp3) is 0.571. The zero-order chi connectivity index (χ0) is 13.8. The van der Waals surface area contributed by atoms with Crippen LogP contribution in [0.1, 0.15) is 29.4 Å².